The summed E-state index contributed by atoms with van der Waals surface area (Å²) in [5, 5.41) is 1.24. The van der Waals surface area contributed by atoms with Gasteiger partial charge in [-0.2, -0.15) is 12.6 Å². The van der Waals surface area contributed by atoms with E-state index in [0.29, 0.717) is 16.0 Å². The van der Waals surface area contributed by atoms with Crippen molar-refractivity contribution in [3.05, 3.63) is 33.8 Å². The fraction of sp³-hybridized carbons (Fsp3) is 0.400. The summed E-state index contributed by atoms with van der Waals surface area (Å²) in [6, 6.07) is 5.79. The van der Waals surface area contributed by atoms with Gasteiger partial charge in [-0.05, 0) is 35.8 Å². The van der Waals surface area contributed by atoms with E-state index in [1.807, 2.05) is 18.2 Å². The Balaban J connectivity index is 2.84. The average Bonchev–Trinajstić information content (AvgIpc) is 2.10. The first-order chi connectivity index (χ1) is 6.15. The van der Waals surface area contributed by atoms with Gasteiger partial charge in [-0.25, -0.2) is 0 Å². The van der Waals surface area contributed by atoms with Crippen LogP contribution in [0, 0.1) is 0 Å². The molecule has 72 valence electrons. The number of rotatable bonds is 3. The van der Waals surface area contributed by atoms with Crippen molar-refractivity contribution in [3.8, 4) is 0 Å². The molecule has 1 unspecified atom stereocenters. The standard InChI is InChI=1S/C10H12Cl2S/c1-7(4-5-13)8-2-3-9(11)10(12)6-8/h2-3,6-7,13H,4-5H2,1H3. The van der Waals surface area contributed by atoms with Gasteiger partial charge in [-0.3, -0.25) is 0 Å². The number of halogens is 2. The lowest BCUT2D eigenvalue weighted by molar-refractivity contribution is 0.742. The van der Waals surface area contributed by atoms with Crippen LogP contribution < -0.4 is 0 Å². The molecule has 0 N–H and O–H groups in total. The van der Waals surface area contributed by atoms with Crippen molar-refractivity contribution < 1.29 is 0 Å². The van der Waals surface area contributed by atoms with Gasteiger partial charge < -0.3 is 0 Å². The Morgan fingerprint density at radius 2 is 2.00 bits per heavy atom. The Morgan fingerprint density at radius 3 is 2.54 bits per heavy atom. The van der Waals surface area contributed by atoms with Crippen molar-refractivity contribution in [1.29, 1.82) is 0 Å². The third kappa shape index (κ3) is 3.08. The fourth-order valence-corrected chi connectivity index (χ4v) is 1.87. The molecule has 0 aliphatic carbocycles. The van der Waals surface area contributed by atoms with Gasteiger partial charge in [0, 0.05) is 0 Å². The second-order valence-corrected chi connectivity index (χ2v) is 4.35. The maximum absolute atomic E-state index is 5.91. The van der Waals surface area contributed by atoms with E-state index < -0.39 is 0 Å². The smallest absolute Gasteiger partial charge is 0.0595 e. The van der Waals surface area contributed by atoms with Crippen LogP contribution in [0.25, 0.3) is 0 Å². The number of hydrogen-bond donors (Lipinski definition) is 1. The highest BCUT2D eigenvalue weighted by Gasteiger charge is 2.06. The molecule has 1 rings (SSSR count). The molecular formula is C10H12Cl2S. The van der Waals surface area contributed by atoms with Crippen LogP contribution in [0.5, 0.6) is 0 Å². The van der Waals surface area contributed by atoms with E-state index >= 15 is 0 Å². The van der Waals surface area contributed by atoms with Gasteiger partial charge >= 0.3 is 0 Å². The van der Waals surface area contributed by atoms with Crippen LogP contribution in [0.4, 0.5) is 0 Å². The van der Waals surface area contributed by atoms with Crippen molar-refractivity contribution in [2.75, 3.05) is 5.75 Å². The van der Waals surface area contributed by atoms with Crippen molar-refractivity contribution in [1.82, 2.24) is 0 Å². The van der Waals surface area contributed by atoms with Gasteiger partial charge in [0.25, 0.3) is 0 Å². The van der Waals surface area contributed by atoms with Crippen LogP contribution in [0.3, 0.4) is 0 Å². The normalized spacial score (nSPS) is 12.9. The first kappa shape index (κ1) is 11.2. The highest BCUT2D eigenvalue weighted by Crippen LogP contribution is 2.27. The molecule has 0 radical (unpaired) electrons. The lowest BCUT2D eigenvalue weighted by Gasteiger charge is -2.10. The molecule has 0 bridgehead atoms. The largest absolute Gasteiger partial charge is 0.179 e. The average molecular weight is 235 g/mol. The van der Waals surface area contributed by atoms with E-state index in [1.54, 1.807) is 0 Å². The molecule has 0 aromatic heterocycles. The topological polar surface area (TPSA) is 0 Å². The molecule has 0 saturated carbocycles. The second kappa shape index (κ2) is 5.14. The van der Waals surface area contributed by atoms with E-state index in [4.69, 9.17) is 23.2 Å². The highest BCUT2D eigenvalue weighted by atomic mass is 35.5. The molecule has 1 atom stereocenters. The van der Waals surface area contributed by atoms with E-state index in [-0.39, 0.29) is 0 Å². The van der Waals surface area contributed by atoms with Crippen LogP contribution in [0.2, 0.25) is 10.0 Å². The number of benzene rings is 1. The van der Waals surface area contributed by atoms with Gasteiger partial charge in [-0.1, -0.05) is 36.2 Å². The fourth-order valence-electron chi connectivity index (χ4n) is 1.18. The zero-order chi connectivity index (χ0) is 9.84. The summed E-state index contributed by atoms with van der Waals surface area (Å²) >= 11 is 15.9. The third-order valence-electron chi connectivity index (χ3n) is 2.07. The molecule has 0 aliphatic heterocycles. The van der Waals surface area contributed by atoms with Gasteiger partial charge in [0.15, 0.2) is 0 Å². The lowest BCUT2D eigenvalue weighted by atomic mass is 9.99. The predicted octanol–water partition coefficient (Wildman–Crippen LogP) is 4.42. The minimum atomic E-state index is 0.493. The Hall–Kier alpha value is 0.150. The molecule has 1 aromatic carbocycles. The van der Waals surface area contributed by atoms with Crippen LogP contribution >= 0.6 is 35.8 Å². The maximum Gasteiger partial charge on any atom is 0.0595 e. The molecule has 0 fully saturated rings. The molecular weight excluding hydrogens is 223 g/mol. The van der Waals surface area contributed by atoms with E-state index in [2.05, 4.69) is 19.6 Å². The van der Waals surface area contributed by atoms with Crippen LogP contribution in [0.1, 0.15) is 24.8 Å². The van der Waals surface area contributed by atoms with Gasteiger partial charge in [0.2, 0.25) is 0 Å². The van der Waals surface area contributed by atoms with Crippen molar-refractivity contribution in [3.63, 3.8) is 0 Å². The van der Waals surface area contributed by atoms with Crippen LogP contribution in [-0.2, 0) is 0 Å². The molecule has 0 spiro atoms. The number of thiol groups is 1. The minimum absolute atomic E-state index is 0.493. The number of hydrogen-bond acceptors (Lipinski definition) is 1. The van der Waals surface area contributed by atoms with E-state index in [0.717, 1.165) is 12.2 Å². The summed E-state index contributed by atoms with van der Waals surface area (Å²) in [6.45, 7) is 2.16. The summed E-state index contributed by atoms with van der Waals surface area (Å²) in [5.41, 5.74) is 1.23. The van der Waals surface area contributed by atoms with Crippen LogP contribution in [-0.4, -0.2) is 5.75 Å². The second-order valence-electron chi connectivity index (χ2n) is 3.09. The molecule has 0 heterocycles. The maximum atomic E-state index is 5.91. The quantitative estimate of drug-likeness (QED) is 0.737. The van der Waals surface area contributed by atoms with E-state index in [1.165, 1.54) is 5.56 Å². The molecule has 0 nitrogen and oxygen atoms in total. The molecule has 0 aliphatic rings. The molecule has 3 heteroatoms. The first-order valence-electron chi connectivity index (χ1n) is 4.21. The van der Waals surface area contributed by atoms with Crippen molar-refractivity contribution in [2.45, 2.75) is 19.3 Å². The van der Waals surface area contributed by atoms with Crippen LogP contribution in [0.15, 0.2) is 18.2 Å². The van der Waals surface area contributed by atoms with Crippen molar-refractivity contribution in [2.24, 2.45) is 0 Å². The monoisotopic (exact) mass is 234 g/mol. The Labute approximate surface area is 94.7 Å². The SMILES string of the molecule is CC(CCS)c1ccc(Cl)c(Cl)c1. The Morgan fingerprint density at radius 1 is 1.31 bits per heavy atom. The van der Waals surface area contributed by atoms with Gasteiger partial charge in [-0.15, -0.1) is 0 Å². The lowest BCUT2D eigenvalue weighted by Crippen LogP contribution is -1.94. The Bertz CT molecular complexity index is 286. The van der Waals surface area contributed by atoms with E-state index in [9.17, 15) is 0 Å². The summed E-state index contributed by atoms with van der Waals surface area (Å²) in [6.07, 6.45) is 1.06. The zero-order valence-corrected chi connectivity index (χ0v) is 9.83. The van der Waals surface area contributed by atoms with Crippen molar-refractivity contribution >= 4 is 35.8 Å². The molecule has 13 heavy (non-hydrogen) atoms. The molecule has 1 aromatic rings. The third-order valence-corrected chi connectivity index (χ3v) is 3.07. The van der Waals surface area contributed by atoms with Gasteiger partial charge in [0.05, 0.1) is 10.0 Å². The summed E-state index contributed by atoms with van der Waals surface area (Å²) < 4.78 is 0. The predicted molar refractivity (Wildman–Crippen MR) is 63.3 cm³/mol. The molecule has 0 saturated heterocycles. The molecule has 0 amide bonds. The summed E-state index contributed by atoms with van der Waals surface area (Å²) in [4.78, 5) is 0. The summed E-state index contributed by atoms with van der Waals surface area (Å²) in [5.74, 6) is 1.38. The van der Waals surface area contributed by atoms with Gasteiger partial charge in [0.1, 0.15) is 0 Å². The Kier molecular flexibility index (Phi) is 4.43. The minimum Gasteiger partial charge on any atom is -0.179 e. The highest BCUT2D eigenvalue weighted by molar-refractivity contribution is 7.80. The first-order valence-corrected chi connectivity index (χ1v) is 5.59. The summed E-state index contributed by atoms with van der Waals surface area (Å²) in [7, 11) is 0. The zero-order valence-electron chi connectivity index (χ0n) is 7.43.